The molecular weight excluding hydrogens is 404 g/mol. The van der Waals surface area contributed by atoms with E-state index in [9.17, 15) is 0 Å². The number of nitrogens with zero attached hydrogens (tertiary/aromatic N) is 3. The summed E-state index contributed by atoms with van der Waals surface area (Å²) in [6.45, 7) is 16.7. The summed E-state index contributed by atoms with van der Waals surface area (Å²) in [4.78, 5) is 9.55. The van der Waals surface area contributed by atoms with Crippen LogP contribution in [0, 0.1) is 0 Å². The van der Waals surface area contributed by atoms with Gasteiger partial charge in [-0.05, 0) is 31.5 Å². The first-order chi connectivity index (χ1) is 15.0. The summed E-state index contributed by atoms with van der Waals surface area (Å²) in [6, 6.07) is 6.08. The van der Waals surface area contributed by atoms with Gasteiger partial charge in [-0.1, -0.05) is 62.7 Å². The Balaban J connectivity index is 0.000000180. The number of allylic oxidation sites excluding steroid dienone is 1. The Morgan fingerprint density at radius 3 is 2.71 bits per heavy atom. The van der Waals surface area contributed by atoms with E-state index in [1.165, 1.54) is 57.6 Å². The number of hydrogen-bond acceptors (Lipinski definition) is 4. The maximum absolute atomic E-state index is 6.45. The average Bonchev–Trinajstić information content (AvgIpc) is 2.80. The van der Waals surface area contributed by atoms with Gasteiger partial charge in [0.2, 0.25) is 0 Å². The van der Waals surface area contributed by atoms with Crippen molar-refractivity contribution in [2.24, 2.45) is 0 Å². The zero-order chi connectivity index (χ0) is 22.2. The molecule has 0 saturated carbocycles. The van der Waals surface area contributed by atoms with E-state index < -0.39 is 0 Å². The van der Waals surface area contributed by atoms with Crippen molar-refractivity contribution >= 4 is 28.6 Å². The van der Waals surface area contributed by atoms with Crippen LogP contribution in [0.2, 0.25) is 5.02 Å². The fourth-order valence-corrected chi connectivity index (χ4v) is 4.46. The highest BCUT2D eigenvalue weighted by molar-refractivity contribution is 6.36. The van der Waals surface area contributed by atoms with Crippen LogP contribution in [0.25, 0.3) is 17.0 Å². The van der Waals surface area contributed by atoms with E-state index in [4.69, 9.17) is 16.6 Å². The monoisotopic (exact) mass is 440 g/mol. The maximum Gasteiger partial charge on any atom is 0.0726 e. The summed E-state index contributed by atoms with van der Waals surface area (Å²) in [5.74, 6) is 0. The zero-order valence-corrected chi connectivity index (χ0v) is 20.0. The minimum Gasteiger partial charge on any atom is -0.373 e. The highest BCUT2D eigenvalue weighted by Crippen LogP contribution is 2.30. The van der Waals surface area contributed by atoms with E-state index in [1.54, 1.807) is 0 Å². The number of nitrogens with one attached hydrogen (secondary N) is 1. The molecule has 0 aliphatic carbocycles. The minimum absolute atomic E-state index is 0.820. The van der Waals surface area contributed by atoms with Crippen molar-refractivity contribution in [2.75, 3.05) is 39.8 Å². The molecule has 0 unspecified atom stereocenters. The van der Waals surface area contributed by atoms with E-state index in [1.807, 2.05) is 24.3 Å². The van der Waals surface area contributed by atoms with Crippen molar-refractivity contribution in [3.05, 3.63) is 58.9 Å². The molecule has 31 heavy (non-hydrogen) atoms. The van der Waals surface area contributed by atoms with Crippen molar-refractivity contribution in [2.45, 2.75) is 45.6 Å². The number of aromatic nitrogens is 1. The molecule has 0 radical (unpaired) electrons. The Morgan fingerprint density at radius 2 is 2.00 bits per heavy atom. The third kappa shape index (κ3) is 6.31. The van der Waals surface area contributed by atoms with Crippen LogP contribution in [0.3, 0.4) is 0 Å². The van der Waals surface area contributed by atoms with Crippen molar-refractivity contribution in [3.63, 3.8) is 0 Å². The van der Waals surface area contributed by atoms with Crippen LogP contribution in [0.15, 0.2) is 37.1 Å². The van der Waals surface area contributed by atoms with Crippen LogP contribution in [0.4, 0.5) is 0 Å². The number of hydrogen-bond donors (Lipinski definition) is 1. The molecule has 1 N–H and O–H groups in total. The van der Waals surface area contributed by atoms with Gasteiger partial charge in [-0.2, -0.15) is 0 Å². The second kappa shape index (κ2) is 11.7. The van der Waals surface area contributed by atoms with Crippen molar-refractivity contribution < 1.29 is 0 Å². The van der Waals surface area contributed by atoms with Gasteiger partial charge >= 0.3 is 0 Å². The molecular formula is C26H37ClN4. The molecule has 4 nitrogen and oxygen atoms in total. The third-order valence-corrected chi connectivity index (χ3v) is 6.65. The highest BCUT2D eigenvalue weighted by atomic mass is 35.5. The summed E-state index contributed by atoms with van der Waals surface area (Å²) >= 11 is 6.45. The molecule has 3 heterocycles. The van der Waals surface area contributed by atoms with E-state index in [-0.39, 0.29) is 0 Å². The Hall–Kier alpha value is -1.88. The molecule has 168 valence electrons. The highest BCUT2D eigenvalue weighted by Gasteiger charge is 2.16. The molecule has 5 heteroatoms. The first-order valence-corrected chi connectivity index (χ1v) is 12.0. The Morgan fingerprint density at radius 1 is 1.23 bits per heavy atom. The van der Waals surface area contributed by atoms with Gasteiger partial charge < -0.3 is 15.1 Å². The standard InChI is InChI=1S/C14H13ClN2.C12H24N2/c1-2-9-3-4-10-13(7-9)17-12-5-6-16-8-11(12)14(10)15;1-4-5-6-7-12(2)14-10-8-13(3)9-11-14/h2-4,7,16H,1,5-6,8H2;2,4-11H2,1,3H3. The van der Waals surface area contributed by atoms with Gasteiger partial charge in [0.05, 0.1) is 10.5 Å². The lowest BCUT2D eigenvalue weighted by molar-refractivity contribution is 0.182. The van der Waals surface area contributed by atoms with Gasteiger partial charge in [0.1, 0.15) is 0 Å². The van der Waals surface area contributed by atoms with Crippen molar-refractivity contribution in [1.82, 2.24) is 20.1 Å². The topological polar surface area (TPSA) is 31.4 Å². The van der Waals surface area contributed by atoms with Crippen LogP contribution in [-0.2, 0) is 13.0 Å². The molecule has 1 aromatic carbocycles. The Labute approximate surface area is 193 Å². The van der Waals surface area contributed by atoms with Crippen LogP contribution in [-0.4, -0.2) is 54.6 Å². The number of likely N-dealkylation sites (N-methyl/N-ethyl adjacent to an activating group) is 1. The number of benzene rings is 1. The van der Waals surface area contributed by atoms with Crippen molar-refractivity contribution in [3.8, 4) is 0 Å². The molecule has 0 bridgehead atoms. The summed E-state index contributed by atoms with van der Waals surface area (Å²) in [5, 5.41) is 5.20. The zero-order valence-electron chi connectivity index (χ0n) is 19.2. The number of pyridine rings is 1. The van der Waals surface area contributed by atoms with Crippen LogP contribution in [0.5, 0.6) is 0 Å². The molecule has 1 aromatic heterocycles. The van der Waals surface area contributed by atoms with Gasteiger partial charge in [0.25, 0.3) is 0 Å². The largest absolute Gasteiger partial charge is 0.373 e. The predicted molar refractivity (Wildman–Crippen MR) is 135 cm³/mol. The molecule has 2 aliphatic rings. The number of fused-ring (bicyclic) bond motifs is 2. The minimum atomic E-state index is 0.820. The summed E-state index contributed by atoms with van der Waals surface area (Å²) in [5.41, 5.74) is 5.67. The second-order valence-corrected chi connectivity index (χ2v) is 8.95. The van der Waals surface area contributed by atoms with Gasteiger partial charge in [-0.3, -0.25) is 4.98 Å². The predicted octanol–water partition coefficient (Wildman–Crippen LogP) is 5.50. The van der Waals surface area contributed by atoms with Gasteiger partial charge in [0.15, 0.2) is 0 Å². The first-order valence-electron chi connectivity index (χ1n) is 11.6. The van der Waals surface area contributed by atoms with Crippen LogP contribution < -0.4 is 5.32 Å². The molecule has 0 amide bonds. The molecule has 2 aromatic rings. The van der Waals surface area contributed by atoms with E-state index in [2.05, 4.69) is 42.2 Å². The van der Waals surface area contributed by atoms with Gasteiger partial charge in [0, 0.05) is 68.0 Å². The van der Waals surface area contributed by atoms with E-state index in [0.29, 0.717) is 0 Å². The van der Waals surface area contributed by atoms with Gasteiger partial charge in [-0.15, -0.1) is 0 Å². The molecule has 1 saturated heterocycles. The Bertz CT molecular complexity index is 900. The molecule has 4 rings (SSSR count). The van der Waals surface area contributed by atoms with Crippen LogP contribution >= 0.6 is 11.6 Å². The SMILES string of the molecule is C=C(CCCCC)N1CCN(C)CC1.C=Cc1ccc2c(Cl)c3c(nc2c1)CCNC3. The summed E-state index contributed by atoms with van der Waals surface area (Å²) < 4.78 is 0. The molecule has 1 fully saturated rings. The normalized spacial score (nSPS) is 16.4. The quantitative estimate of drug-likeness (QED) is 0.600. The number of rotatable bonds is 6. The Kier molecular flexibility index (Phi) is 8.94. The summed E-state index contributed by atoms with van der Waals surface area (Å²) in [7, 11) is 2.19. The maximum atomic E-state index is 6.45. The van der Waals surface area contributed by atoms with Crippen molar-refractivity contribution in [1.29, 1.82) is 0 Å². The molecule has 0 atom stereocenters. The average molecular weight is 441 g/mol. The lowest BCUT2D eigenvalue weighted by Gasteiger charge is -2.35. The smallest absolute Gasteiger partial charge is 0.0726 e. The third-order valence-electron chi connectivity index (χ3n) is 6.22. The van der Waals surface area contributed by atoms with E-state index in [0.717, 1.165) is 52.3 Å². The second-order valence-electron chi connectivity index (χ2n) is 8.57. The lowest BCUT2D eigenvalue weighted by Crippen LogP contribution is -2.43. The first kappa shape index (κ1) is 23.8. The number of unbranched alkanes of at least 4 members (excludes halogenated alkanes) is 2. The fraction of sp³-hybridized carbons (Fsp3) is 0.500. The van der Waals surface area contributed by atoms with Crippen LogP contribution in [0.1, 0.15) is 49.4 Å². The summed E-state index contributed by atoms with van der Waals surface area (Å²) in [6.07, 6.45) is 7.92. The molecule has 0 spiro atoms. The number of piperazine rings is 1. The van der Waals surface area contributed by atoms with E-state index >= 15 is 0 Å². The fourth-order valence-electron chi connectivity index (χ4n) is 4.12. The lowest BCUT2D eigenvalue weighted by atomic mass is 10.0. The number of halogens is 1. The molecule has 2 aliphatic heterocycles. The van der Waals surface area contributed by atoms with Gasteiger partial charge in [-0.25, -0.2) is 0 Å².